The van der Waals surface area contributed by atoms with Gasteiger partial charge in [0.15, 0.2) is 0 Å². The van der Waals surface area contributed by atoms with Gasteiger partial charge in [0.25, 0.3) is 0 Å². The molecule has 9 heteroatoms. The first-order valence-corrected chi connectivity index (χ1v) is 11.7. The van der Waals surface area contributed by atoms with Crippen molar-refractivity contribution in [2.45, 2.75) is 55.5 Å². The normalized spacial score (nSPS) is 22.9. The Bertz CT molecular complexity index is 945. The van der Waals surface area contributed by atoms with Gasteiger partial charge in [-0.05, 0) is 55.9 Å². The van der Waals surface area contributed by atoms with Gasteiger partial charge in [-0.2, -0.15) is 4.31 Å². The third-order valence-corrected chi connectivity index (χ3v) is 8.17. The lowest BCUT2D eigenvalue weighted by Crippen LogP contribution is -2.40. The second-order valence-electron chi connectivity index (χ2n) is 7.13. The third kappa shape index (κ3) is 4.50. The summed E-state index contributed by atoms with van der Waals surface area (Å²) < 4.78 is 28.5. The van der Waals surface area contributed by atoms with Gasteiger partial charge in [0.2, 0.25) is 10.0 Å². The molecule has 0 aromatic heterocycles. The lowest BCUT2D eigenvalue weighted by molar-refractivity contribution is -0.137. The van der Waals surface area contributed by atoms with E-state index in [1.165, 1.54) is 15.9 Å². The number of likely N-dealkylation sites (N-methyl/N-ethyl adjacent to an activating group) is 1. The van der Waals surface area contributed by atoms with Crippen molar-refractivity contribution in [3.63, 3.8) is 0 Å². The Kier molecular flexibility index (Phi) is 6.64. The van der Waals surface area contributed by atoms with Crippen LogP contribution in [0.25, 0.3) is 0 Å². The van der Waals surface area contributed by atoms with Crippen LogP contribution in [0.3, 0.4) is 0 Å². The third-order valence-electron chi connectivity index (χ3n) is 5.33. The SMILES string of the molecule is CN(C1CCCC2=C1C=NC(CC(=O)O)CC2)S(=O)(=O)c1ccc(Br)cc1Cl. The van der Waals surface area contributed by atoms with E-state index in [4.69, 9.17) is 16.7 Å². The predicted molar refractivity (Wildman–Crippen MR) is 113 cm³/mol. The zero-order valence-electron chi connectivity index (χ0n) is 15.4. The molecule has 28 heavy (non-hydrogen) atoms. The Morgan fingerprint density at radius 1 is 1.36 bits per heavy atom. The van der Waals surface area contributed by atoms with Crippen LogP contribution in [0.15, 0.2) is 43.7 Å². The van der Waals surface area contributed by atoms with Crippen molar-refractivity contribution >= 4 is 49.7 Å². The summed E-state index contributed by atoms with van der Waals surface area (Å²) in [5.41, 5.74) is 2.08. The van der Waals surface area contributed by atoms with Crippen molar-refractivity contribution in [3.8, 4) is 0 Å². The van der Waals surface area contributed by atoms with E-state index in [-0.39, 0.29) is 28.4 Å². The first-order valence-electron chi connectivity index (χ1n) is 9.10. The van der Waals surface area contributed by atoms with Gasteiger partial charge >= 0.3 is 5.97 Å². The van der Waals surface area contributed by atoms with Crippen LogP contribution in [-0.2, 0) is 14.8 Å². The minimum Gasteiger partial charge on any atom is -0.481 e. The van der Waals surface area contributed by atoms with Crippen LogP contribution < -0.4 is 0 Å². The number of aliphatic imine (C=N–C) groups is 1. The molecule has 152 valence electrons. The molecule has 0 spiro atoms. The molecule has 1 heterocycles. The summed E-state index contributed by atoms with van der Waals surface area (Å²) in [4.78, 5) is 15.5. The predicted octanol–water partition coefficient (Wildman–Crippen LogP) is 4.28. The number of carbonyl (C=O) groups is 1. The smallest absolute Gasteiger partial charge is 0.305 e. The monoisotopic (exact) mass is 488 g/mol. The Balaban J connectivity index is 1.92. The van der Waals surface area contributed by atoms with Gasteiger partial charge in [-0.15, -0.1) is 0 Å². The molecule has 0 saturated carbocycles. The lowest BCUT2D eigenvalue weighted by Gasteiger charge is -2.33. The largest absolute Gasteiger partial charge is 0.481 e. The van der Waals surface area contributed by atoms with E-state index >= 15 is 0 Å². The minimum absolute atomic E-state index is 0.00956. The number of benzene rings is 1. The highest BCUT2D eigenvalue weighted by atomic mass is 79.9. The minimum atomic E-state index is -3.79. The number of carboxylic acids is 1. The first-order chi connectivity index (χ1) is 13.2. The summed E-state index contributed by atoms with van der Waals surface area (Å²) in [5.74, 6) is -0.872. The van der Waals surface area contributed by atoms with Crippen molar-refractivity contribution < 1.29 is 18.3 Å². The number of hydrogen-bond acceptors (Lipinski definition) is 4. The van der Waals surface area contributed by atoms with Crippen LogP contribution in [0.4, 0.5) is 0 Å². The van der Waals surface area contributed by atoms with Gasteiger partial charge in [0.05, 0.1) is 23.5 Å². The number of allylic oxidation sites excluding steroid dienone is 1. The van der Waals surface area contributed by atoms with Gasteiger partial charge in [0.1, 0.15) is 4.90 Å². The molecule has 1 aromatic rings. The van der Waals surface area contributed by atoms with Gasteiger partial charge in [0, 0.05) is 17.7 Å². The van der Waals surface area contributed by atoms with Crippen molar-refractivity contribution in [2.75, 3.05) is 7.05 Å². The molecule has 0 amide bonds. The molecule has 2 atom stereocenters. The Hall–Kier alpha value is -1.22. The molecular formula is C19H22BrClN2O4S. The van der Waals surface area contributed by atoms with Crippen molar-refractivity contribution in [3.05, 3.63) is 38.8 Å². The van der Waals surface area contributed by atoms with Crippen LogP contribution in [0.5, 0.6) is 0 Å². The number of aliphatic carboxylic acids is 1. The van der Waals surface area contributed by atoms with Gasteiger partial charge in [-0.25, -0.2) is 8.42 Å². The van der Waals surface area contributed by atoms with Gasteiger partial charge < -0.3 is 5.11 Å². The Morgan fingerprint density at radius 3 is 2.79 bits per heavy atom. The van der Waals surface area contributed by atoms with E-state index in [0.717, 1.165) is 24.8 Å². The van der Waals surface area contributed by atoms with Gasteiger partial charge in [-0.1, -0.05) is 33.1 Å². The fourth-order valence-electron chi connectivity index (χ4n) is 3.83. The summed E-state index contributed by atoms with van der Waals surface area (Å²) in [6.07, 6.45) is 5.58. The highest BCUT2D eigenvalue weighted by Gasteiger charge is 2.35. The van der Waals surface area contributed by atoms with E-state index in [2.05, 4.69) is 20.9 Å². The number of sulfonamides is 1. The van der Waals surface area contributed by atoms with E-state index in [0.29, 0.717) is 17.3 Å². The molecule has 0 bridgehead atoms. The Labute approximate surface area is 178 Å². The van der Waals surface area contributed by atoms with Crippen LogP contribution in [0.2, 0.25) is 5.02 Å². The lowest BCUT2D eigenvalue weighted by atomic mass is 9.86. The fourth-order valence-corrected chi connectivity index (χ4v) is 6.21. The maximum Gasteiger partial charge on any atom is 0.305 e. The first kappa shape index (κ1) is 21.5. The summed E-state index contributed by atoms with van der Waals surface area (Å²) in [6, 6.07) is 4.12. The quantitative estimate of drug-likeness (QED) is 0.669. The second-order valence-corrected chi connectivity index (χ2v) is 10.4. The highest BCUT2D eigenvalue weighted by Crippen LogP contribution is 2.36. The van der Waals surface area contributed by atoms with Gasteiger partial charge in [-0.3, -0.25) is 9.79 Å². The molecule has 0 radical (unpaired) electrons. The van der Waals surface area contributed by atoms with Crippen LogP contribution in [0, 0.1) is 0 Å². The number of carboxylic acid groups (broad SMARTS) is 1. The molecule has 2 aliphatic rings. The molecule has 0 fully saturated rings. The second kappa shape index (κ2) is 8.65. The molecular weight excluding hydrogens is 468 g/mol. The number of rotatable bonds is 5. The molecule has 1 aromatic carbocycles. The van der Waals surface area contributed by atoms with E-state index < -0.39 is 16.0 Å². The summed E-state index contributed by atoms with van der Waals surface area (Å²) in [5, 5.41) is 9.21. The molecule has 0 saturated heterocycles. The summed E-state index contributed by atoms with van der Waals surface area (Å²) in [7, 11) is -2.22. The zero-order valence-corrected chi connectivity index (χ0v) is 18.6. The Morgan fingerprint density at radius 2 is 2.11 bits per heavy atom. The molecule has 1 aliphatic heterocycles. The molecule has 2 unspecified atom stereocenters. The summed E-state index contributed by atoms with van der Waals surface area (Å²) in [6.45, 7) is 0. The number of halogens is 2. The van der Waals surface area contributed by atoms with Crippen molar-refractivity contribution in [1.82, 2.24) is 4.31 Å². The molecule has 1 N–H and O–H groups in total. The van der Waals surface area contributed by atoms with Crippen LogP contribution in [-0.4, -0.2) is 49.1 Å². The van der Waals surface area contributed by atoms with E-state index in [9.17, 15) is 13.2 Å². The highest BCUT2D eigenvalue weighted by molar-refractivity contribution is 9.10. The molecule has 1 aliphatic carbocycles. The maximum absolute atomic E-state index is 13.2. The fraction of sp³-hybridized carbons (Fsp3) is 0.474. The van der Waals surface area contributed by atoms with E-state index in [1.807, 2.05) is 0 Å². The molecule has 6 nitrogen and oxygen atoms in total. The van der Waals surface area contributed by atoms with E-state index in [1.54, 1.807) is 25.4 Å². The summed E-state index contributed by atoms with van der Waals surface area (Å²) >= 11 is 9.49. The maximum atomic E-state index is 13.2. The van der Waals surface area contributed by atoms with Crippen molar-refractivity contribution in [2.24, 2.45) is 4.99 Å². The average Bonchev–Trinajstić information content (AvgIpc) is 2.82. The van der Waals surface area contributed by atoms with Crippen LogP contribution >= 0.6 is 27.5 Å². The molecule has 3 rings (SSSR count). The van der Waals surface area contributed by atoms with Crippen LogP contribution in [0.1, 0.15) is 38.5 Å². The van der Waals surface area contributed by atoms with Crippen molar-refractivity contribution in [1.29, 1.82) is 0 Å². The standard InChI is InChI=1S/C19H22BrClN2O4S/c1-23(28(26,27)18-8-6-13(20)9-16(18)21)17-4-2-3-12-5-7-14(10-19(24)25)22-11-15(12)17/h6,8-9,11,14,17H,2-5,7,10H2,1H3,(H,24,25). The number of nitrogens with zero attached hydrogens (tertiary/aromatic N) is 2. The zero-order chi connectivity index (χ0) is 20.5. The average molecular weight is 490 g/mol. The number of hydrogen-bond donors (Lipinski definition) is 1. The topological polar surface area (TPSA) is 87.0 Å².